The molecule has 4 heterocycles. The number of hydrogen-bond donors (Lipinski definition) is 0. The third-order valence-electron chi connectivity index (χ3n) is 7.55. The van der Waals surface area contributed by atoms with Crippen LogP contribution in [0.4, 0.5) is 4.39 Å². The van der Waals surface area contributed by atoms with E-state index in [-0.39, 0.29) is 18.0 Å². The lowest BCUT2D eigenvalue weighted by Gasteiger charge is -2.24. The maximum atomic E-state index is 14.6. The molecule has 5 aromatic rings. The summed E-state index contributed by atoms with van der Waals surface area (Å²) in [4.78, 5) is 33.8. The Morgan fingerprint density at radius 1 is 1.10 bits per heavy atom. The Morgan fingerprint density at radius 3 is 2.62 bits per heavy atom. The van der Waals surface area contributed by atoms with Gasteiger partial charge in [0.15, 0.2) is 4.80 Å². The van der Waals surface area contributed by atoms with Gasteiger partial charge in [-0.2, -0.15) is 0 Å². The van der Waals surface area contributed by atoms with Gasteiger partial charge in [0.2, 0.25) is 0 Å². The SMILES string of the molecule is CCCC1=C(C(=O)OCC)[C@H](c2cccs2)n2c(s/c(=C\c3c(C)n(Cc4ccccc4F)c4ccccc34)c2=O)=N1. The van der Waals surface area contributed by atoms with Crippen molar-refractivity contribution in [3.8, 4) is 0 Å². The minimum atomic E-state index is -0.604. The Balaban J connectivity index is 1.56. The molecule has 0 spiro atoms. The molecule has 214 valence electrons. The Bertz CT molecular complexity index is 2020. The number of nitrogens with zero attached hydrogens (tertiary/aromatic N) is 3. The van der Waals surface area contributed by atoms with Crippen LogP contribution in [0.1, 0.15) is 54.4 Å². The number of esters is 1. The van der Waals surface area contributed by atoms with Crippen LogP contribution < -0.4 is 14.9 Å². The molecule has 1 aliphatic rings. The van der Waals surface area contributed by atoms with Crippen molar-refractivity contribution in [2.24, 2.45) is 4.99 Å². The molecule has 3 aromatic heterocycles. The molecular formula is C33H30FN3O3S2. The molecule has 42 heavy (non-hydrogen) atoms. The number of rotatable bonds is 8. The normalized spacial score (nSPS) is 15.2. The number of halogens is 1. The van der Waals surface area contributed by atoms with Crippen molar-refractivity contribution in [1.82, 2.24) is 9.13 Å². The first-order valence-electron chi connectivity index (χ1n) is 14.0. The molecule has 0 aliphatic carbocycles. The van der Waals surface area contributed by atoms with E-state index in [4.69, 9.17) is 9.73 Å². The van der Waals surface area contributed by atoms with Crippen LogP contribution in [-0.2, 0) is 16.1 Å². The van der Waals surface area contributed by atoms with Crippen LogP contribution in [0.15, 0.2) is 87.1 Å². The van der Waals surface area contributed by atoms with Crippen LogP contribution in [0.25, 0.3) is 17.0 Å². The fraction of sp³-hybridized carbons (Fsp3) is 0.242. The summed E-state index contributed by atoms with van der Waals surface area (Å²) in [5.41, 5.74) is 4.27. The van der Waals surface area contributed by atoms with Crippen LogP contribution in [0.2, 0.25) is 0 Å². The molecule has 0 bridgehead atoms. The first-order valence-corrected chi connectivity index (χ1v) is 15.7. The number of thiophene rings is 1. The van der Waals surface area contributed by atoms with Gasteiger partial charge >= 0.3 is 5.97 Å². The number of para-hydroxylation sites is 1. The van der Waals surface area contributed by atoms with Gasteiger partial charge in [0.1, 0.15) is 11.9 Å². The zero-order chi connectivity index (χ0) is 29.4. The Kier molecular flexibility index (Phi) is 7.79. The summed E-state index contributed by atoms with van der Waals surface area (Å²) < 4.78 is 24.3. The molecule has 2 aromatic carbocycles. The van der Waals surface area contributed by atoms with Crippen molar-refractivity contribution >= 4 is 45.6 Å². The van der Waals surface area contributed by atoms with E-state index in [2.05, 4.69) is 4.57 Å². The van der Waals surface area contributed by atoms with Gasteiger partial charge in [-0.1, -0.05) is 67.1 Å². The van der Waals surface area contributed by atoms with E-state index in [0.717, 1.165) is 33.5 Å². The second-order valence-electron chi connectivity index (χ2n) is 10.1. The van der Waals surface area contributed by atoms with E-state index in [1.165, 1.54) is 28.7 Å². The Hall–Kier alpha value is -4.08. The van der Waals surface area contributed by atoms with Crippen molar-refractivity contribution in [2.45, 2.75) is 46.2 Å². The van der Waals surface area contributed by atoms with Gasteiger partial charge < -0.3 is 9.30 Å². The highest BCUT2D eigenvalue weighted by molar-refractivity contribution is 7.10. The standard InChI is InChI=1S/C33H30FN3O3S2/c1-4-11-25-29(32(39)40-5-2)30(27-16-10-17-41-27)37-31(38)28(42-33(37)35-25)18-23-20(3)36(26-15-9-7-13-22(23)26)19-21-12-6-8-14-24(21)34/h6-10,12-18,30H,4-5,11,19H2,1-3H3/b28-18-/t30-/m0/s1. The van der Waals surface area contributed by atoms with Crippen LogP contribution >= 0.6 is 22.7 Å². The molecule has 6 rings (SSSR count). The Morgan fingerprint density at radius 2 is 1.88 bits per heavy atom. The van der Waals surface area contributed by atoms with Gasteiger partial charge in [-0.05, 0) is 49.9 Å². The number of carbonyl (C=O) groups excluding carboxylic acids is 1. The minimum absolute atomic E-state index is 0.208. The lowest BCUT2D eigenvalue weighted by molar-refractivity contribution is -0.139. The molecule has 0 saturated heterocycles. The third kappa shape index (κ3) is 4.86. The van der Waals surface area contributed by atoms with Crippen molar-refractivity contribution in [1.29, 1.82) is 0 Å². The summed E-state index contributed by atoms with van der Waals surface area (Å²) in [6.07, 6.45) is 3.32. The fourth-order valence-electron chi connectivity index (χ4n) is 5.61. The summed E-state index contributed by atoms with van der Waals surface area (Å²) >= 11 is 2.83. The lowest BCUT2D eigenvalue weighted by Crippen LogP contribution is -2.39. The van der Waals surface area contributed by atoms with E-state index in [1.54, 1.807) is 23.6 Å². The predicted molar refractivity (Wildman–Crippen MR) is 166 cm³/mol. The molecule has 1 atom stereocenters. The van der Waals surface area contributed by atoms with Gasteiger partial charge in [0.05, 0.1) is 29.0 Å². The van der Waals surface area contributed by atoms with Gasteiger partial charge in [0.25, 0.3) is 5.56 Å². The van der Waals surface area contributed by atoms with Gasteiger partial charge in [-0.25, -0.2) is 14.2 Å². The number of thiazole rings is 1. The Labute approximate surface area is 250 Å². The number of aromatic nitrogens is 2. The highest BCUT2D eigenvalue weighted by atomic mass is 32.1. The van der Waals surface area contributed by atoms with Crippen molar-refractivity contribution in [3.63, 3.8) is 0 Å². The maximum absolute atomic E-state index is 14.6. The molecule has 0 amide bonds. The molecule has 0 N–H and O–H groups in total. The number of hydrogen-bond acceptors (Lipinski definition) is 6. The summed E-state index contributed by atoms with van der Waals surface area (Å²) in [6, 6.07) is 18.0. The quantitative estimate of drug-likeness (QED) is 0.203. The van der Waals surface area contributed by atoms with Crippen LogP contribution in [0.3, 0.4) is 0 Å². The third-order valence-corrected chi connectivity index (χ3v) is 9.45. The van der Waals surface area contributed by atoms with E-state index < -0.39 is 12.0 Å². The first kappa shape index (κ1) is 28.1. The number of fused-ring (bicyclic) bond motifs is 2. The zero-order valence-electron chi connectivity index (χ0n) is 23.6. The van der Waals surface area contributed by atoms with E-state index in [0.29, 0.717) is 39.1 Å². The molecule has 0 radical (unpaired) electrons. The second-order valence-corrected chi connectivity index (χ2v) is 12.1. The van der Waals surface area contributed by atoms with Crippen molar-refractivity contribution in [2.75, 3.05) is 6.61 Å². The zero-order valence-corrected chi connectivity index (χ0v) is 25.2. The van der Waals surface area contributed by atoms with Crippen LogP contribution in [0.5, 0.6) is 0 Å². The predicted octanol–water partition coefficient (Wildman–Crippen LogP) is 6.09. The van der Waals surface area contributed by atoms with Crippen molar-refractivity contribution < 1.29 is 13.9 Å². The van der Waals surface area contributed by atoms with Crippen LogP contribution in [0, 0.1) is 12.7 Å². The second kappa shape index (κ2) is 11.7. The summed E-state index contributed by atoms with van der Waals surface area (Å²) in [7, 11) is 0. The van der Waals surface area contributed by atoms with Crippen molar-refractivity contribution in [3.05, 3.63) is 125 Å². The van der Waals surface area contributed by atoms with E-state index >= 15 is 0 Å². The maximum Gasteiger partial charge on any atom is 0.338 e. The molecular weight excluding hydrogens is 570 g/mol. The summed E-state index contributed by atoms with van der Waals surface area (Å²) in [5.74, 6) is -0.692. The smallest absolute Gasteiger partial charge is 0.338 e. The monoisotopic (exact) mass is 599 g/mol. The largest absolute Gasteiger partial charge is 0.463 e. The summed E-state index contributed by atoms with van der Waals surface area (Å²) in [5, 5.41) is 2.92. The number of ether oxygens (including phenoxy) is 1. The number of carbonyl (C=O) groups is 1. The van der Waals surface area contributed by atoms with Gasteiger partial charge in [-0.3, -0.25) is 9.36 Å². The lowest BCUT2D eigenvalue weighted by atomic mass is 9.99. The number of benzene rings is 2. The molecule has 0 fully saturated rings. The van der Waals surface area contributed by atoms with E-state index in [1.807, 2.05) is 67.8 Å². The summed E-state index contributed by atoms with van der Waals surface area (Å²) in [6.45, 7) is 6.42. The minimum Gasteiger partial charge on any atom is -0.463 e. The molecule has 0 saturated carbocycles. The molecule has 0 unspecified atom stereocenters. The van der Waals surface area contributed by atoms with Crippen LogP contribution in [-0.4, -0.2) is 21.7 Å². The first-order chi connectivity index (χ1) is 20.4. The average Bonchev–Trinajstić information content (AvgIpc) is 3.69. The average molecular weight is 600 g/mol. The van der Waals surface area contributed by atoms with E-state index in [9.17, 15) is 14.0 Å². The van der Waals surface area contributed by atoms with Gasteiger partial charge in [0, 0.05) is 32.6 Å². The highest BCUT2D eigenvalue weighted by Gasteiger charge is 2.35. The highest BCUT2D eigenvalue weighted by Crippen LogP contribution is 2.35. The number of allylic oxidation sites excluding steroid dienone is 1. The fourth-order valence-corrected chi connectivity index (χ4v) is 7.43. The molecule has 9 heteroatoms. The molecule has 6 nitrogen and oxygen atoms in total. The molecule has 1 aliphatic heterocycles. The van der Waals surface area contributed by atoms with Gasteiger partial charge in [-0.15, -0.1) is 11.3 Å². The topological polar surface area (TPSA) is 65.6 Å².